The van der Waals surface area contributed by atoms with Crippen molar-refractivity contribution < 1.29 is 22.4 Å². The molecule has 2 amide bonds. The van der Waals surface area contributed by atoms with E-state index in [2.05, 4.69) is 5.32 Å². The normalized spacial score (nSPS) is 11.9. The molecular formula is C34H35ClFN3O4S. The van der Waals surface area contributed by atoms with E-state index in [1.165, 1.54) is 35.2 Å². The molecule has 10 heteroatoms. The minimum atomic E-state index is -4.25. The summed E-state index contributed by atoms with van der Waals surface area (Å²) in [6.07, 6.45) is 1.73. The zero-order valence-corrected chi connectivity index (χ0v) is 26.0. The van der Waals surface area contributed by atoms with E-state index in [4.69, 9.17) is 11.6 Å². The van der Waals surface area contributed by atoms with E-state index in [1.807, 2.05) is 37.3 Å². The van der Waals surface area contributed by atoms with Crippen LogP contribution in [0.5, 0.6) is 0 Å². The lowest BCUT2D eigenvalue weighted by atomic mass is 10.0. The molecule has 0 saturated heterocycles. The number of anilines is 1. The molecular weight excluding hydrogens is 601 g/mol. The number of carbonyl (C=O) groups is 2. The summed E-state index contributed by atoms with van der Waals surface area (Å²) in [6, 6.07) is 28.1. The lowest BCUT2D eigenvalue weighted by molar-refractivity contribution is -0.140. The van der Waals surface area contributed by atoms with Gasteiger partial charge in [-0.15, -0.1) is 0 Å². The molecule has 4 aromatic rings. The Labute approximate surface area is 263 Å². The van der Waals surface area contributed by atoms with Gasteiger partial charge in [0, 0.05) is 30.1 Å². The van der Waals surface area contributed by atoms with Gasteiger partial charge >= 0.3 is 0 Å². The zero-order valence-electron chi connectivity index (χ0n) is 24.4. The molecule has 0 aromatic heterocycles. The van der Waals surface area contributed by atoms with Crippen molar-refractivity contribution in [2.75, 3.05) is 17.4 Å². The Morgan fingerprint density at radius 1 is 0.886 bits per heavy atom. The average Bonchev–Trinajstić information content (AvgIpc) is 3.03. The number of nitrogens with one attached hydrogen (secondary N) is 1. The predicted molar refractivity (Wildman–Crippen MR) is 171 cm³/mol. The van der Waals surface area contributed by atoms with E-state index >= 15 is 0 Å². The van der Waals surface area contributed by atoms with E-state index in [1.54, 1.807) is 48.5 Å². The van der Waals surface area contributed by atoms with Crippen LogP contribution in [0.2, 0.25) is 5.02 Å². The first-order valence-electron chi connectivity index (χ1n) is 14.4. The Kier molecular flexibility index (Phi) is 11.5. The number of amides is 2. The van der Waals surface area contributed by atoms with Crippen molar-refractivity contribution in [3.8, 4) is 0 Å². The molecule has 44 heavy (non-hydrogen) atoms. The molecule has 0 fully saturated rings. The first-order chi connectivity index (χ1) is 21.2. The van der Waals surface area contributed by atoms with E-state index in [9.17, 15) is 22.4 Å². The third-order valence-corrected chi connectivity index (χ3v) is 9.13. The van der Waals surface area contributed by atoms with Crippen molar-refractivity contribution in [1.29, 1.82) is 0 Å². The van der Waals surface area contributed by atoms with Crippen LogP contribution in [-0.4, -0.2) is 44.3 Å². The second-order valence-electron chi connectivity index (χ2n) is 10.3. The van der Waals surface area contributed by atoms with Crippen LogP contribution in [0.4, 0.5) is 10.1 Å². The van der Waals surface area contributed by atoms with Gasteiger partial charge in [0.15, 0.2) is 0 Å². The summed E-state index contributed by atoms with van der Waals surface area (Å²) in [5.41, 5.74) is 1.16. The average molecular weight is 636 g/mol. The minimum absolute atomic E-state index is 0.0217. The largest absolute Gasteiger partial charge is 0.354 e. The van der Waals surface area contributed by atoms with Crippen molar-refractivity contribution in [3.05, 3.63) is 131 Å². The van der Waals surface area contributed by atoms with Gasteiger partial charge in [0.2, 0.25) is 11.8 Å². The smallest absolute Gasteiger partial charge is 0.264 e. The summed E-state index contributed by atoms with van der Waals surface area (Å²) in [7, 11) is -4.25. The standard InChI is InChI=1S/C34H35ClFN3O4S/c1-2-3-21-37-34(41)32(22-26-13-6-4-7-14-26)38(24-27-15-10-11-20-31(27)36)33(40)25-39(29-17-12-16-28(35)23-29)44(42,43)30-18-8-5-9-19-30/h4-20,23,32H,2-3,21-22,24-25H2,1H3,(H,37,41)/t32-/m1/s1. The van der Waals surface area contributed by atoms with Crippen molar-refractivity contribution in [1.82, 2.24) is 10.2 Å². The highest BCUT2D eigenvalue weighted by molar-refractivity contribution is 7.92. The van der Waals surface area contributed by atoms with E-state index in [-0.39, 0.29) is 34.1 Å². The number of nitrogens with zero attached hydrogens (tertiary/aromatic N) is 2. The summed E-state index contributed by atoms with van der Waals surface area (Å²) >= 11 is 6.24. The monoisotopic (exact) mass is 635 g/mol. The summed E-state index contributed by atoms with van der Waals surface area (Å²) in [5, 5.41) is 3.19. The maximum atomic E-state index is 15.0. The predicted octanol–water partition coefficient (Wildman–Crippen LogP) is 6.23. The Morgan fingerprint density at radius 2 is 1.55 bits per heavy atom. The van der Waals surface area contributed by atoms with E-state index in [0.29, 0.717) is 6.54 Å². The number of hydrogen-bond acceptors (Lipinski definition) is 4. The Hall–Kier alpha value is -4.21. The molecule has 230 valence electrons. The Morgan fingerprint density at radius 3 is 2.20 bits per heavy atom. The molecule has 0 heterocycles. The van der Waals surface area contributed by atoms with Crippen LogP contribution in [0, 0.1) is 5.82 Å². The van der Waals surface area contributed by atoms with Gasteiger partial charge in [0.05, 0.1) is 10.6 Å². The van der Waals surface area contributed by atoms with Gasteiger partial charge < -0.3 is 10.2 Å². The Balaban J connectivity index is 1.79. The number of benzene rings is 4. The molecule has 0 aliphatic carbocycles. The minimum Gasteiger partial charge on any atom is -0.354 e. The number of rotatable bonds is 14. The number of sulfonamides is 1. The lowest BCUT2D eigenvalue weighted by Gasteiger charge is -2.34. The molecule has 0 aliphatic rings. The number of carbonyl (C=O) groups excluding carboxylic acids is 2. The SMILES string of the molecule is CCCCNC(=O)[C@@H](Cc1ccccc1)N(Cc1ccccc1F)C(=O)CN(c1cccc(Cl)c1)S(=O)(=O)c1ccccc1. The maximum absolute atomic E-state index is 15.0. The fourth-order valence-corrected chi connectivity index (χ4v) is 6.36. The van der Waals surface area contributed by atoms with Gasteiger partial charge in [0.1, 0.15) is 18.4 Å². The van der Waals surface area contributed by atoms with Crippen molar-refractivity contribution in [2.24, 2.45) is 0 Å². The first kappa shape index (κ1) is 32.7. The van der Waals surface area contributed by atoms with Crippen LogP contribution in [0.3, 0.4) is 0 Å². The van der Waals surface area contributed by atoms with Crippen LogP contribution in [-0.2, 0) is 32.6 Å². The molecule has 0 bridgehead atoms. The number of unbranched alkanes of at least 4 members (excludes halogenated alkanes) is 1. The third-order valence-electron chi connectivity index (χ3n) is 7.11. The summed E-state index contributed by atoms with van der Waals surface area (Å²) in [6.45, 7) is 1.50. The van der Waals surface area contributed by atoms with E-state index in [0.717, 1.165) is 22.7 Å². The molecule has 1 atom stereocenters. The van der Waals surface area contributed by atoms with Crippen molar-refractivity contribution in [2.45, 2.75) is 43.7 Å². The van der Waals surface area contributed by atoms with Crippen molar-refractivity contribution in [3.63, 3.8) is 0 Å². The Bertz CT molecular complexity index is 1660. The van der Waals surface area contributed by atoms with Crippen molar-refractivity contribution >= 4 is 39.1 Å². The first-order valence-corrected chi connectivity index (χ1v) is 16.2. The summed E-state index contributed by atoms with van der Waals surface area (Å²) in [5.74, 6) is -1.63. The second-order valence-corrected chi connectivity index (χ2v) is 12.6. The molecule has 1 N–H and O–H groups in total. The van der Waals surface area contributed by atoms with Crippen LogP contribution in [0.15, 0.2) is 114 Å². The maximum Gasteiger partial charge on any atom is 0.264 e. The zero-order chi connectivity index (χ0) is 31.5. The highest BCUT2D eigenvalue weighted by Gasteiger charge is 2.35. The molecule has 7 nitrogen and oxygen atoms in total. The van der Waals surface area contributed by atoms with Crippen LogP contribution >= 0.6 is 11.6 Å². The topological polar surface area (TPSA) is 86.8 Å². The molecule has 0 aliphatic heterocycles. The highest BCUT2D eigenvalue weighted by Crippen LogP contribution is 2.27. The molecule has 0 radical (unpaired) electrons. The van der Waals surface area contributed by atoms with Gasteiger partial charge in [-0.25, -0.2) is 12.8 Å². The highest BCUT2D eigenvalue weighted by atomic mass is 35.5. The van der Waals surface area contributed by atoms with Crippen LogP contribution < -0.4 is 9.62 Å². The fraction of sp³-hybridized carbons (Fsp3) is 0.235. The lowest BCUT2D eigenvalue weighted by Crippen LogP contribution is -2.53. The van der Waals surface area contributed by atoms with Gasteiger partial charge in [-0.05, 0) is 48.4 Å². The van der Waals surface area contributed by atoms with Gasteiger partial charge in [0.25, 0.3) is 10.0 Å². The van der Waals surface area contributed by atoms with E-state index < -0.39 is 40.2 Å². The molecule has 0 saturated carbocycles. The molecule has 4 aromatic carbocycles. The number of hydrogen-bond donors (Lipinski definition) is 1. The van der Waals surface area contributed by atoms with Gasteiger partial charge in [-0.2, -0.15) is 0 Å². The quantitative estimate of drug-likeness (QED) is 0.166. The van der Waals surface area contributed by atoms with Gasteiger partial charge in [-0.1, -0.05) is 97.7 Å². The second kappa shape index (κ2) is 15.5. The van der Waals surface area contributed by atoms with Crippen LogP contribution in [0.25, 0.3) is 0 Å². The molecule has 4 rings (SSSR count). The third kappa shape index (κ3) is 8.45. The fourth-order valence-electron chi connectivity index (χ4n) is 4.75. The van der Waals surface area contributed by atoms with Crippen LogP contribution in [0.1, 0.15) is 30.9 Å². The van der Waals surface area contributed by atoms with Gasteiger partial charge in [-0.3, -0.25) is 13.9 Å². The molecule has 0 spiro atoms. The summed E-state index contributed by atoms with van der Waals surface area (Å²) in [4.78, 5) is 29.3. The molecule has 0 unspecified atom stereocenters. The number of halogens is 2. The summed E-state index contributed by atoms with van der Waals surface area (Å²) < 4.78 is 43.9.